The van der Waals surface area contributed by atoms with Gasteiger partial charge in [0.05, 0.1) is 0 Å². The Hall–Kier alpha value is -1.90. The molecular weight excluding hydrogens is 412 g/mol. The van der Waals surface area contributed by atoms with Crippen molar-refractivity contribution in [2.75, 3.05) is 7.05 Å². The topological polar surface area (TPSA) is 80.2 Å². The fourth-order valence-corrected chi connectivity index (χ4v) is 4.35. The summed E-state index contributed by atoms with van der Waals surface area (Å²) in [6.45, 7) is 0. The van der Waals surface area contributed by atoms with Gasteiger partial charge in [0, 0.05) is 40.6 Å². The molecule has 28 heavy (non-hydrogen) atoms. The molecule has 0 bridgehead atoms. The van der Waals surface area contributed by atoms with Crippen molar-refractivity contribution in [2.45, 2.75) is 16.5 Å². The van der Waals surface area contributed by atoms with Crippen LogP contribution in [0.5, 0.6) is 0 Å². The average Bonchev–Trinajstić information content (AvgIpc) is 3.24. The third-order valence-electron chi connectivity index (χ3n) is 4.13. The number of halogens is 1. The van der Waals surface area contributed by atoms with Crippen LogP contribution >= 0.6 is 35.3 Å². The number of hydrogen-bond donors (Lipinski definition) is 5. The summed E-state index contributed by atoms with van der Waals surface area (Å²) in [5.41, 5.74) is 3.16. The monoisotopic (exact) mass is 432 g/mol. The van der Waals surface area contributed by atoms with Crippen LogP contribution in [0.25, 0.3) is 5.70 Å². The van der Waals surface area contributed by atoms with Crippen LogP contribution in [-0.4, -0.2) is 23.9 Å². The highest BCUT2D eigenvalue weighted by atomic mass is 35.5. The molecule has 2 unspecified atom stereocenters. The van der Waals surface area contributed by atoms with Gasteiger partial charge in [-0.2, -0.15) is 0 Å². The highest BCUT2D eigenvalue weighted by molar-refractivity contribution is 8.04. The van der Waals surface area contributed by atoms with E-state index in [1.54, 1.807) is 37.0 Å². The zero-order chi connectivity index (χ0) is 19.9. The zero-order valence-corrected chi connectivity index (χ0v) is 17.5. The molecule has 1 aliphatic rings. The number of nitrogens with one attached hydrogen (secondary N) is 4. The molecule has 2 aromatic carbocycles. The lowest BCUT2D eigenvalue weighted by Gasteiger charge is -2.19. The Morgan fingerprint density at radius 1 is 1.32 bits per heavy atom. The van der Waals surface area contributed by atoms with E-state index in [0.717, 1.165) is 27.3 Å². The minimum absolute atomic E-state index is 0.160. The predicted molar refractivity (Wildman–Crippen MR) is 120 cm³/mol. The van der Waals surface area contributed by atoms with E-state index in [2.05, 4.69) is 15.4 Å². The van der Waals surface area contributed by atoms with E-state index in [1.165, 1.54) is 18.2 Å². The Morgan fingerprint density at radius 3 is 2.75 bits per heavy atom. The Labute approximate surface area is 178 Å². The van der Waals surface area contributed by atoms with Crippen molar-refractivity contribution in [1.29, 1.82) is 5.41 Å². The lowest BCUT2D eigenvalue weighted by Crippen LogP contribution is -2.28. The van der Waals surface area contributed by atoms with Crippen molar-refractivity contribution < 1.29 is 5.11 Å². The second-order valence-electron chi connectivity index (χ2n) is 5.91. The van der Waals surface area contributed by atoms with Crippen molar-refractivity contribution in [3.05, 3.63) is 81.9 Å². The van der Waals surface area contributed by atoms with E-state index in [9.17, 15) is 5.11 Å². The molecule has 0 radical (unpaired) electrons. The van der Waals surface area contributed by atoms with Gasteiger partial charge in [0.25, 0.3) is 0 Å². The summed E-state index contributed by atoms with van der Waals surface area (Å²) >= 11 is 9.38. The molecule has 1 aliphatic heterocycles. The smallest absolute Gasteiger partial charge is 0.138 e. The maximum atomic E-state index is 11.0. The van der Waals surface area contributed by atoms with Gasteiger partial charge in [-0.15, -0.1) is 0 Å². The van der Waals surface area contributed by atoms with Crippen LogP contribution in [0.15, 0.2) is 65.0 Å². The number of aliphatic hydroxyl groups excluding tert-OH is 1. The van der Waals surface area contributed by atoms with E-state index >= 15 is 0 Å². The van der Waals surface area contributed by atoms with Crippen molar-refractivity contribution in [3.63, 3.8) is 0 Å². The first-order chi connectivity index (χ1) is 13.6. The number of allylic oxidation sites excluding steroid dienone is 1. The van der Waals surface area contributed by atoms with Gasteiger partial charge in [0.2, 0.25) is 0 Å². The quantitative estimate of drug-likeness (QED) is 0.316. The fraction of sp³-hybridized carbons (Fsp3) is 0.150. The molecule has 146 valence electrons. The van der Waals surface area contributed by atoms with Crippen molar-refractivity contribution >= 4 is 47.2 Å². The molecule has 2 aromatic rings. The van der Waals surface area contributed by atoms with Gasteiger partial charge in [0.1, 0.15) is 11.6 Å². The lowest BCUT2D eigenvalue weighted by atomic mass is 9.95. The van der Waals surface area contributed by atoms with Gasteiger partial charge >= 0.3 is 0 Å². The molecule has 0 aliphatic carbocycles. The predicted octanol–water partition coefficient (Wildman–Crippen LogP) is 4.32. The van der Waals surface area contributed by atoms with Crippen molar-refractivity contribution in [1.82, 2.24) is 15.4 Å². The molecule has 5 N–H and O–H groups in total. The third-order valence-corrected chi connectivity index (χ3v) is 6.19. The van der Waals surface area contributed by atoms with Crippen molar-refractivity contribution in [3.8, 4) is 0 Å². The van der Waals surface area contributed by atoms with E-state index in [1.807, 2.05) is 41.9 Å². The number of aliphatic hydroxyl groups is 1. The van der Waals surface area contributed by atoms with Crippen LogP contribution in [0.3, 0.4) is 0 Å². The van der Waals surface area contributed by atoms with Crippen LogP contribution in [-0.2, 0) is 0 Å². The molecular formula is C20H21ClN4OS2. The van der Waals surface area contributed by atoms with Crippen LogP contribution in [0.1, 0.15) is 22.8 Å². The summed E-state index contributed by atoms with van der Waals surface area (Å²) in [5.74, 6) is 0. The van der Waals surface area contributed by atoms with E-state index < -0.39 is 6.10 Å². The number of thioether (sulfide) groups is 1. The second-order valence-corrected chi connectivity index (χ2v) is 8.27. The van der Waals surface area contributed by atoms with Gasteiger partial charge in [-0.25, -0.2) is 4.72 Å². The van der Waals surface area contributed by atoms with Gasteiger partial charge in [-0.05, 0) is 58.8 Å². The summed E-state index contributed by atoms with van der Waals surface area (Å²) in [5, 5.41) is 27.2. The summed E-state index contributed by atoms with van der Waals surface area (Å²) in [6.07, 6.45) is 3.95. The molecule has 2 atom stereocenters. The van der Waals surface area contributed by atoms with Crippen LogP contribution in [0, 0.1) is 5.41 Å². The van der Waals surface area contributed by atoms with Gasteiger partial charge < -0.3 is 21.1 Å². The standard InChI is InChI=1S/C20H21ClN4OS2/c1-23-18(8-9-22)17-12-14(21)4-7-16(17)19(26)13-2-5-15(6-3-13)28-25-20-24-10-11-27-20/h2-12,19-20,22-26H,1H3/b18-8-,22-9?. The fourth-order valence-electron chi connectivity index (χ4n) is 2.76. The SMILES string of the molecule is CN/C(=C\C=N)c1cc(Cl)ccc1C(O)c1ccc(SNC2NC=CS2)cc1. The highest BCUT2D eigenvalue weighted by Crippen LogP contribution is 2.31. The van der Waals surface area contributed by atoms with E-state index in [4.69, 9.17) is 17.0 Å². The highest BCUT2D eigenvalue weighted by Gasteiger charge is 2.17. The number of rotatable bonds is 8. The molecule has 8 heteroatoms. The van der Waals surface area contributed by atoms with E-state index in [0.29, 0.717) is 5.02 Å². The molecule has 0 aromatic heterocycles. The number of hydrogen-bond acceptors (Lipinski definition) is 7. The van der Waals surface area contributed by atoms with Crippen LogP contribution in [0.2, 0.25) is 5.02 Å². The minimum atomic E-state index is -0.807. The molecule has 0 saturated heterocycles. The molecule has 0 saturated carbocycles. The zero-order valence-electron chi connectivity index (χ0n) is 15.1. The minimum Gasteiger partial charge on any atom is -0.388 e. The number of benzene rings is 2. The first-order valence-corrected chi connectivity index (χ1v) is 10.7. The molecule has 5 nitrogen and oxygen atoms in total. The van der Waals surface area contributed by atoms with Gasteiger partial charge in [-0.1, -0.05) is 41.6 Å². The average molecular weight is 433 g/mol. The first-order valence-electron chi connectivity index (χ1n) is 8.57. The largest absolute Gasteiger partial charge is 0.388 e. The summed E-state index contributed by atoms with van der Waals surface area (Å²) in [7, 11) is 1.78. The van der Waals surface area contributed by atoms with E-state index in [-0.39, 0.29) is 5.50 Å². The Morgan fingerprint density at radius 2 is 2.11 bits per heavy atom. The third kappa shape index (κ3) is 5.12. The van der Waals surface area contributed by atoms with Gasteiger partial charge in [0.15, 0.2) is 0 Å². The summed E-state index contributed by atoms with van der Waals surface area (Å²) in [6, 6.07) is 13.2. The first kappa shape index (κ1) is 20.8. The molecule has 0 fully saturated rings. The Bertz CT molecular complexity index is 878. The lowest BCUT2D eigenvalue weighted by molar-refractivity contribution is 0.220. The second kappa shape index (κ2) is 10.0. The molecule has 1 heterocycles. The summed E-state index contributed by atoms with van der Waals surface area (Å²) < 4.78 is 3.32. The molecule has 0 spiro atoms. The normalized spacial score (nSPS) is 17.2. The van der Waals surface area contributed by atoms with Crippen molar-refractivity contribution in [2.24, 2.45) is 0 Å². The Kier molecular flexibility index (Phi) is 7.47. The molecule has 0 amide bonds. The maximum Gasteiger partial charge on any atom is 0.138 e. The Balaban J connectivity index is 1.78. The van der Waals surface area contributed by atoms with Gasteiger partial charge in [-0.3, -0.25) is 0 Å². The summed E-state index contributed by atoms with van der Waals surface area (Å²) in [4.78, 5) is 1.06. The maximum absolute atomic E-state index is 11.0. The van der Waals surface area contributed by atoms with Crippen LogP contribution in [0.4, 0.5) is 0 Å². The molecule has 3 rings (SSSR count). The van der Waals surface area contributed by atoms with Crippen LogP contribution < -0.4 is 15.4 Å².